The molecule has 0 heterocycles. The van der Waals surface area contributed by atoms with Crippen LogP contribution in [0.2, 0.25) is 0 Å². The van der Waals surface area contributed by atoms with Crippen molar-refractivity contribution in [2.24, 2.45) is 17.3 Å². The highest BCUT2D eigenvalue weighted by Gasteiger charge is 2.53. The van der Waals surface area contributed by atoms with Gasteiger partial charge < -0.3 is 4.74 Å². The number of hydrogen-bond donors (Lipinski definition) is 0. The van der Waals surface area contributed by atoms with Crippen molar-refractivity contribution < 1.29 is 14.3 Å². The zero-order valence-corrected chi connectivity index (χ0v) is 11.7. The van der Waals surface area contributed by atoms with Crippen LogP contribution in [0.5, 0.6) is 0 Å². The second kappa shape index (κ2) is 4.52. The van der Waals surface area contributed by atoms with E-state index >= 15 is 0 Å². The fourth-order valence-corrected chi connectivity index (χ4v) is 3.69. The summed E-state index contributed by atoms with van der Waals surface area (Å²) in [7, 11) is 1.44. The van der Waals surface area contributed by atoms with Gasteiger partial charge in [-0.1, -0.05) is 12.5 Å². The molecule has 0 spiro atoms. The number of rotatable bonds is 1. The highest BCUT2D eigenvalue weighted by Crippen LogP contribution is 2.52. The maximum atomic E-state index is 12.2. The molecule has 3 heteroatoms. The van der Waals surface area contributed by atoms with Crippen LogP contribution in [0.1, 0.15) is 46.5 Å². The van der Waals surface area contributed by atoms with Gasteiger partial charge in [0.05, 0.1) is 12.5 Å². The highest BCUT2D eigenvalue weighted by molar-refractivity contribution is 6.00. The molecule has 2 aliphatic rings. The predicted octanol–water partition coefficient (Wildman–Crippen LogP) is 2.89. The van der Waals surface area contributed by atoms with Crippen molar-refractivity contribution in [1.29, 1.82) is 0 Å². The van der Waals surface area contributed by atoms with Crippen molar-refractivity contribution in [3.8, 4) is 0 Å². The number of carbonyl (C=O) groups is 2. The zero-order chi connectivity index (χ0) is 13.5. The third kappa shape index (κ3) is 1.72. The van der Waals surface area contributed by atoms with Crippen molar-refractivity contribution in [3.05, 3.63) is 11.1 Å². The Kier molecular flexibility index (Phi) is 3.35. The van der Waals surface area contributed by atoms with Gasteiger partial charge in [0.15, 0.2) is 5.78 Å². The largest absolute Gasteiger partial charge is 0.469 e. The molecule has 100 valence electrons. The van der Waals surface area contributed by atoms with Crippen molar-refractivity contribution in [2.45, 2.75) is 46.5 Å². The summed E-state index contributed by atoms with van der Waals surface area (Å²) in [4.78, 5) is 24.4. The van der Waals surface area contributed by atoms with Crippen LogP contribution >= 0.6 is 0 Å². The molecule has 2 aliphatic carbocycles. The summed E-state index contributed by atoms with van der Waals surface area (Å²) in [6, 6.07) is 0. The van der Waals surface area contributed by atoms with E-state index in [4.69, 9.17) is 4.74 Å². The van der Waals surface area contributed by atoms with E-state index in [1.54, 1.807) is 0 Å². The lowest BCUT2D eigenvalue weighted by molar-refractivity contribution is -0.161. The molecule has 18 heavy (non-hydrogen) atoms. The molecule has 0 radical (unpaired) electrons. The lowest BCUT2D eigenvalue weighted by Crippen LogP contribution is -2.49. The monoisotopic (exact) mass is 250 g/mol. The number of ketones is 1. The molecule has 0 unspecified atom stereocenters. The number of ether oxygens (including phenoxy) is 1. The molecule has 0 bridgehead atoms. The SMILES string of the molecule is COC(=O)[C@]1(C)[C@H](C)CC(=O)C2=C(C)CCC[C@H]21. The van der Waals surface area contributed by atoms with Gasteiger partial charge in [0, 0.05) is 12.3 Å². The van der Waals surface area contributed by atoms with E-state index in [1.165, 1.54) is 12.7 Å². The van der Waals surface area contributed by atoms with Gasteiger partial charge >= 0.3 is 5.97 Å². The van der Waals surface area contributed by atoms with E-state index in [1.807, 2.05) is 20.8 Å². The quantitative estimate of drug-likeness (QED) is 0.672. The molecule has 3 atom stereocenters. The fourth-order valence-electron chi connectivity index (χ4n) is 3.69. The van der Waals surface area contributed by atoms with Crippen molar-refractivity contribution >= 4 is 11.8 Å². The van der Waals surface area contributed by atoms with E-state index in [0.29, 0.717) is 6.42 Å². The van der Waals surface area contributed by atoms with Gasteiger partial charge in [0.2, 0.25) is 0 Å². The van der Waals surface area contributed by atoms with Crippen LogP contribution in [0.3, 0.4) is 0 Å². The van der Waals surface area contributed by atoms with E-state index in [9.17, 15) is 9.59 Å². The Morgan fingerprint density at radius 3 is 2.72 bits per heavy atom. The van der Waals surface area contributed by atoms with Crippen molar-refractivity contribution in [1.82, 2.24) is 0 Å². The predicted molar refractivity (Wildman–Crippen MR) is 69.0 cm³/mol. The second-order valence-electron chi connectivity index (χ2n) is 5.94. The maximum absolute atomic E-state index is 12.2. The molecule has 0 N–H and O–H groups in total. The summed E-state index contributed by atoms with van der Waals surface area (Å²) in [5.74, 6) is 0.179. The minimum absolute atomic E-state index is 0.0509. The molecule has 1 fully saturated rings. The summed E-state index contributed by atoms with van der Waals surface area (Å²) >= 11 is 0. The van der Waals surface area contributed by atoms with E-state index < -0.39 is 5.41 Å². The number of esters is 1. The summed E-state index contributed by atoms with van der Waals surface area (Å²) in [5.41, 5.74) is 1.56. The average Bonchev–Trinajstić information content (AvgIpc) is 2.34. The van der Waals surface area contributed by atoms with E-state index in [2.05, 4.69) is 0 Å². The molecule has 0 aliphatic heterocycles. The smallest absolute Gasteiger partial charge is 0.312 e. The Labute approximate surface area is 109 Å². The van der Waals surface area contributed by atoms with Crippen LogP contribution in [-0.4, -0.2) is 18.9 Å². The lowest BCUT2D eigenvalue weighted by Gasteiger charge is -2.46. The van der Waals surface area contributed by atoms with Gasteiger partial charge in [-0.3, -0.25) is 9.59 Å². The first kappa shape index (κ1) is 13.3. The van der Waals surface area contributed by atoms with Crippen molar-refractivity contribution in [2.75, 3.05) is 7.11 Å². The molecule has 2 rings (SSSR count). The summed E-state index contributed by atoms with van der Waals surface area (Å²) in [6.07, 6.45) is 3.44. The highest BCUT2D eigenvalue weighted by atomic mass is 16.5. The van der Waals surface area contributed by atoms with Crippen molar-refractivity contribution in [3.63, 3.8) is 0 Å². The number of allylic oxidation sites excluding steroid dienone is 2. The van der Waals surface area contributed by atoms with Crippen LogP contribution in [0.4, 0.5) is 0 Å². The molecule has 3 nitrogen and oxygen atoms in total. The Bertz CT molecular complexity index is 421. The van der Waals surface area contributed by atoms with Gasteiger partial charge in [-0.05, 0) is 44.6 Å². The van der Waals surface area contributed by atoms with Gasteiger partial charge in [0.25, 0.3) is 0 Å². The third-order valence-corrected chi connectivity index (χ3v) is 5.02. The first-order chi connectivity index (χ1) is 8.42. The average molecular weight is 250 g/mol. The topological polar surface area (TPSA) is 43.4 Å². The number of carbonyl (C=O) groups excluding carboxylic acids is 2. The normalized spacial score (nSPS) is 36.3. The summed E-state index contributed by atoms with van der Waals surface area (Å²) in [5, 5.41) is 0. The Morgan fingerprint density at radius 2 is 2.11 bits per heavy atom. The standard InChI is InChI=1S/C15H22O3/c1-9-6-5-7-11-13(9)12(16)8-10(2)15(11,3)14(17)18-4/h10-11H,5-8H2,1-4H3/t10-,11-,15-/m1/s1. The van der Waals surface area contributed by atoms with Crippen LogP contribution in [-0.2, 0) is 14.3 Å². The van der Waals surface area contributed by atoms with Gasteiger partial charge in [-0.15, -0.1) is 0 Å². The molecular weight excluding hydrogens is 228 g/mol. The third-order valence-electron chi connectivity index (χ3n) is 5.02. The number of hydrogen-bond acceptors (Lipinski definition) is 3. The minimum Gasteiger partial charge on any atom is -0.469 e. The molecule has 1 saturated carbocycles. The molecule has 0 amide bonds. The summed E-state index contributed by atoms with van der Waals surface area (Å²) < 4.78 is 5.01. The Morgan fingerprint density at radius 1 is 1.44 bits per heavy atom. The van der Waals surface area contributed by atoms with E-state index in [0.717, 1.165) is 24.8 Å². The number of fused-ring (bicyclic) bond motifs is 1. The fraction of sp³-hybridized carbons (Fsp3) is 0.733. The van der Waals surface area contributed by atoms with Crippen LogP contribution in [0, 0.1) is 17.3 Å². The van der Waals surface area contributed by atoms with Gasteiger partial charge in [-0.25, -0.2) is 0 Å². The molecule has 0 saturated heterocycles. The number of methoxy groups -OCH3 is 1. The first-order valence-corrected chi connectivity index (χ1v) is 6.74. The lowest BCUT2D eigenvalue weighted by atomic mass is 9.56. The van der Waals surface area contributed by atoms with Crippen LogP contribution in [0.15, 0.2) is 11.1 Å². The molecular formula is C15H22O3. The number of Topliss-reactive ketones (excluding diaryl/α,β-unsaturated/α-hetero) is 1. The maximum Gasteiger partial charge on any atom is 0.312 e. The van der Waals surface area contributed by atoms with Crippen LogP contribution in [0.25, 0.3) is 0 Å². The molecule has 0 aromatic rings. The second-order valence-corrected chi connectivity index (χ2v) is 5.94. The minimum atomic E-state index is -0.542. The Hall–Kier alpha value is -1.12. The molecule has 0 aromatic carbocycles. The van der Waals surface area contributed by atoms with E-state index in [-0.39, 0.29) is 23.6 Å². The van der Waals surface area contributed by atoms with Crippen LogP contribution < -0.4 is 0 Å². The first-order valence-electron chi connectivity index (χ1n) is 6.74. The zero-order valence-electron chi connectivity index (χ0n) is 11.7. The molecule has 0 aromatic heterocycles. The summed E-state index contributed by atoms with van der Waals surface area (Å²) in [6.45, 7) is 6.00. The Balaban J connectivity index is 2.51. The van der Waals surface area contributed by atoms with Gasteiger partial charge in [-0.2, -0.15) is 0 Å². The van der Waals surface area contributed by atoms with Gasteiger partial charge in [0.1, 0.15) is 0 Å².